The van der Waals surface area contributed by atoms with E-state index in [-0.39, 0.29) is 12.2 Å². The first-order valence-electron chi connectivity index (χ1n) is 7.11. The van der Waals surface area contributed by atoms with Gasteiger partial charge >= 0.3 is 0 Å². The molecule has 1 fully saturated rings. The Bertz CT molecular complexity index is 433. The molecule has 1 saturated heterocycles. The number of aliphatic hydroxyl groups excluding tert-OH is 1. The minimum atomic E-state index is -0.695. The Morgan fingerprint density at radius 1 is 1.55 bits per heavy atom. The van der Waals surface area contributed by atoms with Crippen molar-refractivity contribution < 1.29 is 14.6 Å². The Labute approximate surface area is 120 Å². The zero-order valence-electron chi connectivity index (χ0n) is 12.7. The highest BCUT2D eigenvalue weighted by Gasteiger charge is 2.33. The number of likely N-dealkylation sites (N-methyl/N-ethyl adjacent to an activating group) is 1. The van der Waals surface area contributed by atoms with E-state index in [4.69, 9.17) is 9.47 Å². The first-order chi connectivity index (χ1) is 9.52. The number of methoxy groups -OCH3 is 1. The lowest BCUT2D eigenvalue weighted by Gasteiger charge is -2.21. The van der Waals surface area contributed by atoms with E-state index < -0.39 is 6.10 Å². The molecule has 1 N–H and O–H groups in total. The molecule has 0 aliphatic carbocycles. The van der Waals surface area contributed by atoms with Gasteiger partial charge in [0.05, 0.1) is 32.1 Å². The van der Waals surface area contributed by atoms with Crippen molar-refractivity contribution in [1.29, 1.82) is 0 Å². The van der Waals surface area contributed by atoms with E-state index in [1.54, 1.807) is 13.3 Å². The summed E-state index contributed by atoms with van der Waals surface area (Å²) in [5, 5.41) is 14.9. The van der Waals surface area contributed by atoms with Crippen LogP contribution in [0.25, 0.3) is 0 Å². The van der Waals surface area contributed by atoms with Crippen molar-refractivity contribution in [3.63, 3.8) is 0 Å². The molecule has 2 heterocycles. The molecule has 0 amide bonds. The molecule has 6 nitrogen and oxygen atoms in total. The van der Waals surface area contributed by atoms with Gasteiger partial charge in [0.2, 0.25) is 0 Å². The van der Waals surface area contributed by atoms with Crippen LogP contribution in [-0.4, -0.2) is 59.7 Å². The molecule has 0 saturated carbocycles. The van der Waals surface area contributed by atoms with Gasteiger partial charge in [0.1, 0.15) is 11.8 Å². The Kier molecular flexibility index (Phi) is 5.01. The standard InChI is InChI=1S/C14H25N3O3/c1-10-5-6-11(20-10)14(18)13-12(19-4)9-15-17(13)8-7-16(2)3/h9-11,14,18H,5-8H2,1-4H3. The molecule has 6 heteroatoms. The van der Waals surface area contributed by atoms with Gasteiger partial charge in [0.15, 0.2) is 5.75 Å². The predicted molar refractivity (Wildman–Crippen MR) is 75.9 cm³/mol. The number of rotatable bonds is 6. The highest BCUT2D eigenvalue weighted by Crippen LogP contribution is 2.34. The monoisotopic (exact) mass is 283 g/mol. The van der Waals surface area contributed by atoms with Crippen LogP contribution >= 0.6 is 0 Å². The summed E-state index contributed by atoms with van der Waals surface area (Å²) in [6.45, 7) is 3.60. The van der Waals surface area contributed by atoms with E-state index in [0.29, 0.717) is 18.0 Å². The largest absolute Gasteiger partial charge is 0.493 e. The minimum Gasteiger partial charge on any atom is -0.493 e. The zero-order valence-corrected chi connectivity index (χ0v) is 12.7. The molecule has 1 aliphatic heterocycles. The molecule has 3 atom stereocenters. The number of nitrogens with zero attached hydrogens (tertiary/aromatic N) is 3. The highest BCUT2D eigenvalue weighted by molar-refractivity contribution is 5.28. The lowest BCUT2D eigenvalue weighted by molar-refractivity contribution is -0.0341. The molecule has 0 bridgehead atoms. The lowest BCUT2D eigenvalue weighted by atomic mass is 10.1. The Morgan fingerprint density at radius 3 is 2.85 bits per heavy atom. The maximum absolute atomic E-state index is 10.6. The quantitative estimate of drug-likeness (QED) is 0.846. The molecule has 1 aliphatic rings. The molecule has 114 valence electrons. The van der Waals surface area contributed by atoms with E-state index in [1.807, 2.05) is 25.7 Å². The minimum absolute atomic E-state index is 0.172. The fourth-order valence-corrected chi connectivity index (χ4v) is 2.55. The maximum atomic E-state index is 10.6. The van der Waals surface area contributed by atoms with Gasteiger partial charge in [-0.05, 0) is 33.9 Å². The average molecular weight is 283 g/mol. The van der Waals surface area contributed by atoms with Crippen LogP contribution in [0, 0.1) is 0 Å². The van der Waals surface area contributed by atoms with Crippen molar-refractivity contribution in [2.75, 3.05) is 27.7 Å². The molecular weight excluding hydrogens is 258 g/mol. The summed E-state index contributed by atoms with van der Waals surface area (Å²) in [7, 11) is 5.62. The Morgan fingerprint density at radius 2 is 2.30 bits per heavy atom. The fraction of sp³-hybridized carbons (Fsp3) is 0.786. The van der Waals surface area contributed by atoms with Gasteiger partial charge in [-0.3, -0.25) is 4.68 Å². The van der Waals surface area contributed by atoms with Crippen LogP contribution in [0.15, 0.2) is 6.20 Å². The molecule has 20 heavy (non-hydrogen) atoms. The molecule has 2 rings (SSSR count). The van der Waals surface area contributed by atoms with E-state index in [2.05, 4.69) is 10.00 Å². The first-order valence-corrected chi connectivity index (χ1v) is 7.11. The summed E-state index contributed by atoms with van der Waals surface area (Å²) in [5.41, 5.74) is 0.716. The second-order valence-electron chi connectivity index (χ2n) is 5.63. The number of hydrogen-bond acceptors (Lipinski definition) is 5. The van der Waals surface area contributed by atoms with Gasteiger partial charge in [-0.25, -0.2) is 0 Å². The summed E-state index contributed by atoms with van der Waals surface area (Å²) >= 11 is 0. The Balaban J connectivity index is 2.16. The van der Waals surface area contributed by atoms with Crippen LogP contribution in [0.3, 0.4) is 0 Å². The maximum Gasteiger partial charge on any atom is 0.162 e. The second kappa shape index (κ2) is 6.56. The molecule has 1 aromatic rings. The molecule has 3 unspecified atom stereocenters. The normalized spacial score (nSPS) is 24.3. The summed E-state index contributed by atoms with van der Waals surface area (Å²) in [4.78, 5) is 2.08. The Hall–Kier alpha value is -1.11. The van der Waals surface area contributed by atoms with Gasteiger partial charge in [-0.2, -0.15) is 5.10 Å². The predicted octanol–water partition coefficient (Wildman–Crippen LogP) is 1.05. The van der Waals surface area contributed by atoms with Gasteiger partial charge in [-0.1, -0.05) is 0 Å². The first kappa shape index (κ1) is 15.3. The third kappa shape index (κ3) is 3.31. The third-order valence-electron chi connectivity index (χ3n) is 3.72. The van der Waals surface area contributed by atoms with Crippen LogP contribution in [0.1, 0.15) is 31.6 Å². The summed E-state index contributed by atoms with van der Waals surface area (Å²) < 4.78 is 12.9. The van der Waals surface area contributed by atoms with Gasteiger partial charge in [-0.15, -0.1) is 0 Å². The number of ether oxygens (including phenoxy) is 2. The van der Waals surface area contributed by atoms with Crippen molar-refractivity contribution in [3.8, 4) is 5.75 Å². The van der Waals surface area contributed by atoms with Crippen molar-refractivity contribution in [2.45, 2.75) is 44.6 Å². The van der Waals surface area contributed by atoms with Crippen molar-refractivity contribution in [1.82, 2.24) is 14.7 Å². The summed E-state index contributed by atoms with van der Waals surface area (Å²) in [6, 6.07) is 0. The molecule has 0 radical (unpaired) electrons. The number of hydrogen-bond donors (Lipinski definition) is 1. The van der Waals surface area contributed by atoms with Gasteiger partial charge < -0.3 is 19.5 Å². The second-order valence-corrected chi connectivity index (χ2v) is 5.63. The zero-order chi connectivity index (χ0) is 14.7. The van der Waals surface area contributed by atoms with Crippen molar-refractivity contribution >= 4 is 0 Å². The van der Waals surface area contributed by atoms with Crippen LogP contribution in [0.2, 0.25) is 0 Å². The van der Waals surface area contributed by atoms with E-state index in [0.717, 1.165) is 19.4 Å². The highest BCUT2D eigenvalue weighted by atomic mass is 16.5. The van der Waals surface area contributed by atoms with E-state index in [9.17, 15) is 5.11 Å². The topological polar surface area (TPSA) is 59.8 Å². The van der Waals surface area contributed by atoms with Crippen LogP contribution in [0.5, 0.6) is 5.75 Å². The number of aliphatic hydroxyl groups is 1. The van der Waals surface area contributed by atoms with Crippen LogP contribution in [-0.2, 0) is 11.3 Å². The van der Waals surface area contributed by atoms with E-state index >= 15 is 0 Å². The smallest absolute Gasteiger partial charge is 0.162 e. The van der Waals surface area contributed by atoms with Crippen LogP contribution in [0.4, 0.5) is 0 Å². The van der Waals surface area contributed by atoms with Gasteiger partial charge in [0.25, 0.3) is 0 Å². The number of aromatic nitrogens is 2. The molecule has 0 aromatic carbocycles. The van der Waals surface area contributed by atoms with E-state index in [1.165, 1.54) is 0 Å². The molecule has 1 aromatic heterocycles. The SMILES string of the molecule is COc1cnn(CCN(C)C)c1C(O)C1CCC(C)O1. The van der Waals surface area contributed by atoms with Crippen molar-refractivity contribution in [2.24, 2.45) is 0 Å². The molecule has 0 spiro atoms. The molecular formula is C14H25N3O3. The summed E-state index contributed by atoms with van der Waals surface area (Å²) in [5.74, 6) is 0.624. The third-order valence-corrected chi connectivity index (χ3v) is 3.72. The van der Waals surface area contributed by atoms with Gasteiger partial charge in [0, 0.05) is 6.54 Å². The fourth-order valence-electron chi connectivity index (χ4n) is 2.55. The average Bonchev–Trinajstić information content (AvgIpc) is 3.01. The summed E-state index contributed by atoms with van der Waals surface area (Å²) in [6.07, 6.45) is 2.85. The van der Waals surface area contributed by atoms with Crippen molar-refractivity contribution in [3.05, 3.63) is 11.9 Å². The lowest BCUT2D eigenvalue weighted by Crippen LogP contribution is -2.25. The van der Waals surface area contributed by atoms with Crippen LogP contribution < -0.4 is 4.74 Å².